The molecular weight excluding hydrogens is 244 g/mol. The zero-order valence-corrected chi connectivity index (χ0v) is 11.9. The Morgan fingerprint density at radius 1 is 1.44 bits per heavy atom. The normalized spacial score (nSPS) is 13.2. The molecule has 0 saturated heterocycles. The fourth-order valence-corrected chi connectivity index (χ4v) is 2.73. The van der Waals surface area contributed by atoms with Crippen LogP contribution in [0, 0.1) is 12.8 Å². The molecule has 18 heavy (non-hydrogen) atoms. The van der Waals surface area contributed by atoms with E-state index in [1.54, 1.807) is 11.3 Å². The third kappa shape index (κ3) is 3.00. The third-order valence-corrected chi connectivity index (χ3v) is 4.18. The molecule has 4 heteroatoms. The summed E-state index contributed by atoms with van der Waals surface area (Å²) in [5, 5.41) is 9.99. The van der Waals surface area contributed by atoms with Crippen molar-refractivity contribution in [3.8, 4) is 0 Å². The first-order valence-corrected chi connectivity index (χ1v) is 7.18. The maximum Gasteiger partial charge on any atom is 0.0827 e. The second-order valence-corrected chi connectivity index (χ2v) is 5.92. The lowest BCUT2D eigenvalue weighted by atomic mass is 10.0. The Balaban J connectivity index is 1.97. The maximum absolute atomic E-state index is 9.99. The SMILES string of the molecule is Cc1ncsc1CCn1ccc(C(O)C(C)C)c1. The van der Waals surface area contributed by atoms with Gasteiger partial charge in [-0.15, -0.1) is 11.3 Å². The highest BCUT2D eigenvalue weighted by Gasteiger charge is 2.13. The summed E-state index contributed by atoms with van der Waals surface area (Å²) in [4.78, 5) is 5.60. The van der Waals surface area contributed by atoms with E-state index in [2.05, 4.69) is 16.5 Å². The van der Waals surface area contributed by atoms with E-state index >= 15 is 0 Å². The predicted octanol–water partition coefficient (Wildman–Crippen LogP) is 3.19. The molecule has 2 rings (SSSR count). The molecule has 0 aromatic carbocycles. The average Bonchev–Trinajstić information content (AvgIpc) is 2.94. The number of hydrogen-bond acceptors (Lipinski definition) is 3. The lowest BCUT2D eigenvalue weighted by molar-refractivity contribution is 0.127. The fraction of sp³-hybridized carbons (Fsp3) is 0.500. The lowest BCUT2D eigenvalue weighted by Crippen LogP contribution is -2.04. The van der Waals surface area contributed by atoms with Gasteiger partial charge in [0.1, 0.15) is 0 Å². The standard InChI is InChI=1S/C14H20N2OS/c1-10(2)14(17)12-4-6-16(8-12)7-5-13-11(3)15-9-18-13/h4,6,8-10,14,17H,5,7H2,1-3H3. The first-order valence-electron chi connectivity index (χ1n) is 6.30. The van der Waals surface area contributed by atoms with Crippen LogP contribution in [0.15, 0.2) is 24.0 Å². The van der Waals surface area contributed by atoms with Crippen molar-refractivity contribution < 1.29 is 5.11 Å². The van der Waals surface area contributed by atoms with Crippen LogP contribution in [0.5, 0.6) is 0 Å². The lowest BCUT2D eigenvalue weighted by Gasteiger charge is -2.12. The molecule has 0 bridgehead atoms. The first-order chi connectivity index (χ1) is 8.58. The van der Waals surface area contributed by atoms with E-state index in [4.69, 9.17) is 0 Å². The molecule has 98 valence electrons. The van der Waals surface area contributed by atoms with Gasteiger partial charge >= 0.3 is 0 Å². The van der Waals surface area contributed by atoms with Crippen molar-refractivity contribution in [3.63, 3.8) is 0 Å². The Morgan fingerprint density at radius 2 is 2.22 bits per heavy atom. The van der Waals surface area contributed by atoms with Gasteiger partial charge in [0.15, 0.2) is 0 Å². The molecule has 1 atom stereocenters. The number of thiazole rings is 1. The van der Waals surface area contributed by atoms with Crippen LogP contribution in [0.1, 0.15) is 36.1 Å². The Morgan fingerprint density at radius 3 is 2.83 bits per heavy atom. The number of aromatic nitrogens is 2. The van der Waals surface area contributed by atoms with Gasteiger partial charge in [-0.3, -0.25) is 0 Å². The third-order valence-electron chi connectivity index (χ3n) is 3.19. The Bertz CT molecular complexity index is 501. The molecule has 2 aromatic heterocycles. The minimum absolute atomic E-state index is 0.254. The molecule has 1 unspecified atom stereocenters. The summed E-state index contributed by atoms with van der Waals surface area (Å²) >= 11 is 1.71. The van der Waals surface area contributed by atoms with Gasteiger partial charge in [0.25, 0.3) is 0 Å². The largest absolute Gasteiger partial charge is 0.388 e. The van der Waals surface area contributed by atoms with Gasteiger partial charge < -0.3 is 9.67 Å². The summed E-state index contributed by atoms with van der Waals surface area (Å²) in [5.41, 5.74) is 4.04. The number of hydrogen-bond donors (Lipinski definition) is 1. The van der Waals surface area contributed by atoms with E-state index in [1.807, 2.05) is 37.8 Å². The molecule has 0 spiro atoms. The van der Waals surface area contributed by atoms with Crippen LogP contribution in [-0.2, 0) is 13.0 Å². The van der Waals surface area contributed by atoms with Gasteiger partial charge in [0.05, 0.1) is 17.3 Å². The summed E-state index contributed by atoms with van der Waals surface area (Å²) < 4.78 is 2.14. The molecule has 2 heterocycles. The van der Waals surface area contributed by atoms with E-state index in [9.17, 15) is 5.11 Å². The minimum Gasteiger partial charge on any atom is -0.388 e. The second-order valence-electron chi connectivity index (χ2n) is 4.98. The summed E-state index contributed by atoms with van der Waals surface area (Å²) in [6.45, 7) is 7.05. The quantitative estimate of drug-likeness (QED) is 0.900. The van der Waals surface area contributed by atoms with Crippen LogP contribution in [0.4, 0.5) is 0 Å². The number of aliphatic hydroxyl groups is 1. The fourth-order valence-electron chi connectivity index (χ4n) is 1.96. The van der Waals surface area contributed by atoms with E-state index in [0.717, 1.165) is 24.2 Å². The summed E-state index contributed by atoms with van der Waals surface area (Å²) in [5.74, 6) is 0.254. The van der Waals surface area contributed by atoms with Crippen molar-refractivity contribution in [2.24, 2.45) is 5.92 Å². The van der Waals surface area contributed by atoms with Crippen molar-refractivity contribution in [1.29, 1.82) is 0 Å². The topological polar surface area (TPSA) is 38.0 Å². The number of aliphatic hydroxyl groups excluding tert-OH is 1. The van der Waals surface area contributed by atoms with Crippen molar-refractivity contribution in [1.82, 2.24) is 9.55 Å². The van der Waals surface area contributed by atoms with Crippen LogP contribution in [0.3, 0.4) is 0 Å². The highest BCUT2D eigenvalue weighted by Crippen LogP contribution is 2.21. The monoisotopic (exact) mass is 264 g/mol. The van der Waals surface area contributed by atoms with E-state index in [-0.39, 0.29) is 12.0 Å². The molecule has 0 fully saturated rings. The van der Waals surface area contributed by atoms with Crippen molar-refractivity contribution in [2.75, 3.05) is 0 Å². The zero-order chi connectivity index (χ0) is 13.1. The molecule has 1 N–H and O–H groups in total. The average molecular weight is 264 g/mol. The molecule has 0 saturated carbocycles. The van der Waals surface area contributed by atoms with Crippen molar-refractivity contribution >= 4 is 11.3 Å². The van der Waals surface area contributed by atoms with Crippen LogP contribution >= 0.6 is 11.3 Å². The second kappa shape index (κ2) is 5.67. The van der Waals surface area contributed by atoms with Crippen molar-refractivity contribution in [2.45, 2.75) is 39.8 Å². The molecule has 3 nitrogen and oxygen atoms in total. The highest BCUT2D eigenvalue weighted by atomic mass is 32.1. The van der Waals surface area contributed by atoms with Gasteiger partial charge in [-0.05, 0) is 24.5 Å². The maximum atomic E-state index is 9.99. The molecule has 0 aliphatic heterocycles. The molecule has 0 amide bonds. The Hall–Kier alpha value is -1.13. The van der Waals surface area contributed by atoms with E-state index in [1.165, 1.54) is 4.88 Å². The minimum atomic E-state index is -0.364. The molecule has 0 aliphatic carbocycles. The summed E-state index contributed by atoms with van der Waals surface area (Å²) in [7, 11) is 0. The Kier molecular flexibility index (Phi) is 4.19. The van der Waals surface area contributed by atoms with Crippen LogP contribution in [-0.4, -0.2) is 14.7 Å². The smallest absolute Gasteiger partial charge is 0.0827 e. The Labute approximate surface area is 112 Å². The number of rotatable bonds is 5. The van der Waals surface area contributed by atoms with E-state index < -0.39 is 0 Å². The highest BCUT2D eigenvalue weighted by molar-refractivity contribution is 7.09. The van der Waals surface area contributed by atoms with E-state index in [0.29, 0.717) is 0 Å². The van der Waals surface area contributed by atoms with Crippen LogP contribution in [0.25, 0.3) is 0 Å². The first kappa shape index (κ1) is 13.3. The number of nitrogens with zero attached hydrogens (tertiary/aromatic N) is 2. The van der Waals surface area contributed by atoms with Gasteiger partial charge in [0.2, 0.25) is 0 Å². The zero-order valence-electron chi connectivity index (χ0n) is 11.1. The molecule has 0 aliphatic rings. The van der Waals surface area contributed by atoms with Gasteiger partial charge in [-0.25, -0.2) is 4.98 Å². The summed E-state index contributed by atoms with van der Waals surface area (Å²) in [6, 6.07) is 2.00. The summed E-state index contributed by atoms with van der Waals surface area (Å²) in [6.07, 6.45) is 4.72. The van der Waals surface area contributed by atoms with Gasteiger partial charge in [0, 0.05) is 30.2 Å². The van der Waals surface area contributed by atoms with Gasteiger partial charge in [-0.2, -0.15) is 0 Å². The van der Waals surface area contributed by atoms with Crippen molar-refractivity contribution in [3.05, 3.63) is 40.1 Å². The predicted molar refractivity (Wildman–Crippen MR) is 74.8 cm³/mol. The molecular formula is C14H20N2OS. The van der Waals surface area contributed by atoms with Crippen LogP contribution in [0.2, 0.25) is 0 Å². The molecule has 0 radical (unpaired) electrons. The molecule has 2 aromatic rings. The van der Waals surface area contributed by atoms with Gasteiger partial charge in [-0.1, -0.05) is 13.8 Å². The number of aryl methyl sites for hydroxylation is 3. The van der Waals surface area contributed by atoms with Crippen LogP contribution < -0.4 is 0 Å².